The van der Waals surface area contributed by atoms with Crippen molar-refractivity contribution in [2.45, 2.75) is 30.7 Å². The minimum Gasteiger partial charge on any atom is -0.446 e. The van der Waals surface area contributed by atoms with E-state index in [0.717, 1.165) is 24.0 Å². The van der Waals surface area contributed by atoms with Crippen molar-refractivity contribution in [2.75, 3.05) is 19.8 Å². The van der Waals surface area contributed by atoms with Crippen LogP contribution in [-0.2, 0) is 19.7 Å². The molecule has 2 heterocycles. The van der Waals surface area contributed by atoms with Gasteiger partial charge in [-0.3, -0.25) is 4.79 Å². The lowest BCUT2D eigenvalue weighted by molar-refractivity contribution is -0.131. The van der Waals surface area contributed by atoms with Crippen LogP contribution in [0.15, 0.2) is 54.6 Å². The van der Waals surface area contributed by atoms with Crippen LogP contribution in [0.2, 0.25) is 5.02 Å². The minimum atomic E-state index is -0.572. The normalized spacial score (nSPS) is 21.4. The van der Waals surface area contributed by atoms with Crippen molar-refractivity contribution in [1.29, 1.82) is 0 Å². The molecule has 0 aromatic heterocycles. The molecule has 0 radical (unpaired) electrons. The van der Waals surface area contributed by atoms with Gasteiger partial charge in [-0.1, -0.05) is 54.1 Å². The van der Waals surface area contributed by atoms with E-state index in [4.69, 9.17) is 21.1 Å². The third-order valence-corrected chi connectivity index (χ3v) is 5.97. The van der Waals surface area contributed by atoms with Crippen molar-refractivity contribution < 1.29 is 19.1 Å². The number of hydrogen-bond donors (Lipinski definition) is 0. The van der Waals surface area contributed by atoms with Crippen LogP contribution in [0.5, 0.6) is 0 Å². The number of imide groups is 1. The molecular weight excluding hydrogens is 378 g/mol. The first kappa shape index (κ1) is 19.0. The molecule has 0 spiro atoms. The Morgan fingerprint density at radius 3 is 2.43 bits per heavy atom. The predicted octanol–water partition coefficient (Wildman–Crippen LogP) is 4.50. The lowest BCUT2D eigenvalue weighted by Gasteiger charge is -2.38. The summed E-state index contributed by atoms with van der Waals surface area (Å²) in [6, 6.07) is 16.8. The van der Waals surface area contributed by atoms with Crippen LogP contribution in [0.3, 0.4) is 0 Å². The number of amides is 2. The van der Waals surface area contributed by atoms with Crippen LogP contribution < -0.4 is 0 Å². The number of cyclic esters (lactones) is 1. The van der Waals surface area contributed by atoms with Gasteiger partial charge in [0.1, 0.15) is 12.6 Å². The molecule has 4 rings (SSSR count). The van der Waals surface area contributed by atoms with Gasteiger partial charge in [-0.25, -0.2) is 9.69 Å². The van der Waals surface area contributed by atoms with E-state index in [0.29, 0.717) is 18.2 Å². The van der Waals surface area contributed by atoms with Gasteiger partial charge in [-0.05, 0) is 36.1 Å². The second-order valence-corrected chi connectivity index (χ2v) is 7.78. The number of nitrogens with zero attached hydrogens (tertiary/aromatic N) is 1. The Kier molecular flexibility index (Phi) is 5.38. The zero-order chi connectivity index (χ0) is 19.6. The fourth-order valence-electron chi connectivity index (χ4n) is 4.13. The largest absolute Gasteiger partial charge is 0.446 e. The van der Waals surface area contributed by atoms with E-state index in [2.05, 4.69) is 0 Å². The van der Waals surface area contributed by atoms with Crippen molar-refractivity contribution in [1.82, 2.24) is 4.90 Å². The summed E-state index contributed by atoms with van der Waals surface area (Å²) < 4.78 is 10.8. The molecule has 6 heteroatoms. The van der Waals surface area contributed by atoms with Gasteiger partial charge >= 0.3 is 6.09 Å². The molecule has 5 nitrogen and oxygen atoms in total. The monoisotopic (exact) mass is 399 g/mol. The summed E-state index contributed by atoms with van der Waals surface area (Å²) in [4.78, 5) is 27.0. The van der Waals surface area contributed by atoms with Gasteiger partial charge in [0.05, 0.1) is 0 Å². The molecule has 2 fully saturated rings. The summed E-state index contributed by atoms with van der Waals surface area (Å²) in [5.74, 6) is -0.215. The zero-order valence-electron chi connectivity index (χ0n) is 15.5. The molecule has 2 aromatic rings. The van der Waals surface area contributed by atoms with Crippen LogP contribution in [0, 0.1) is 0 Å². The summed E-state index contributed by atoms with van der Waals surface area (Å²) >= 11 is 6.05. The third kappa shape index (κ3) is 3.64. The molecule has 2 aliphatic rings. The van der Waals surface area contributed by atoms with Crippen LogP contribution in [-0.4, -0.2) is 36.7 Å². The highest BCUT2D eigenvalue weighted by molar-refractivity contribution is 6.30. The molecule has 2 aromatic carbocycles. The first-order chi connectivity index (χ1) is 13.6. The van der Waals surface area contributed by atoms with Crippen LogP contribution in [0.4, 0.5) is 4.79 Å². The SMILES string of the molecule is O=C(CC1(c2ccc(Cl)cc2)CCOCC1)N1C(=O)OC[C@@H]1c1ccccc1. The number of hydrogen-bond acceptors (Lipinski definition) is 4. The molecule has 0 bridgehead atoms. The maximum Gasteiger partial charge on any atom is 0.417 e. The van der Waals surface area contributed by atoms with Crippen molar-refractivity contribution in [2.24, 2.45) is 0 Å². The van der Waals surface area contributed by atoms with E-state index in [1.807, 2.05) is 54.6 Å². The van der Waals surface area contributed by atoms with Crippen molar-refractivity contribution in [3.8, 4) is 0 Å². The lowest BCUT2D eigenvalue weighted by Crippen LogP contribution is -2.42. The summed E-state index contributed by atoms with van der Waals surface area (Å²) in [7, 11) is 0. The summed E-state index contributed by atoms with van der Waals surface area (Å²) in [5.41, 5.74) is 1.58. The highest BCUT2D eigenvalue weighted by Crippen LogP contribution is 2.40. The van der Waals surface area contributed by atoms with E-state index in [9.17, 15) is 9.59 Å². The van der Waals surface area contributed by atoms with Gasteiger partial charge in [0, 0.05) is 30.1 Å². The standard InChI is InChI=1S/C22H22ClNO4/c23-18-8-6-17(7-9-18)22(10-12-27-13-11-22)14-20(25)24-19(15-28-21(24)26)16-4-2-1-3-5-16/h1-9,19H,10-15H2/t19-/m1/s1. The third-order valence-electron chi connectivity index (χ3n) is 5.72. The predicted molar refractivity (Wildman–Crippen MR) is 105 cm³/mol. The second-order valence-electron chi connectivity index (χ2n) is 7.34. The molecule has 28 heavy (non-hydrogen) atoms. The topological polar surface area (TPSA) is 55.8 Å². The number of benzene rings is 2. The maximum atomic E-state index is 13.3. The van der Waals surface area contributed by atoms with Crippen molar-refractivity contribution in [3.63, 3.8) is 0 Å². The minimum absolute atomic E-state index is 0.186. The van der Waals surface area contributed by atoms with Gasteiger partial charge in [0.25, 0.3) is 0 Å². The Morgan fingerprint density at radius 1 is 1.07 bits per heavy atom. The average Bonchev–Trinajstić information content (AvgIpc) is 3.11. The van der Waals surface area contributed by atoms with Gasteiger partial charge in [0.15, 0.2) is 0 Å². The quantitative estimate of drug-likeness (QED) is 0.759. The highest BCUT2D eigenvalue weighted by atomic mass is 35.5. The van der Waals surface area contributed by atoms with Crippen LogP contribution >= 0.6 is 11.6 Å². The fourth-order valence-corrected chi connectivity index (χ4v) is 4.25. The Bertz CT molecular complexity index is 847. The number of rotatable bonds is 4. The molecule has 2 amide bonds. The molecule has 1 atom stereocenters. The molecule has 2 saturated heterocycles. The average molecular weight is 400 g/mol. The molecule has 2 aliphatic heterocycles. The van der Waals surface area contributed by atoms with Gasteiger partial charge in [-0.15, -0.1) is 0 Å². The molecule has 0 unspecified atom stereocenters. The van der Waals surface area contributed by atoms with Crippen molar-refractivity contribution >= 4 is 23.6 Å². The second kappa shape index (κ2) is 7.94. The number of carbonyl (C=O) groups is 2. The molecule has 146 valence electrons. The first-order valence-corrected chi connectivity index (χ1v) is 9.84. The van der Waals surface area contributed by atoms with E-state index in [1.54, 1.807) is 0 Å². The molecule has 0 saturated carbocycles. The van der Waals surface area contributed by atoms with Crippen LogP contribution in [0.1, 0.15) is 36.4 Å². The summed E-state index contributed by atoms with van der Waals surface area (Å²) in [5, 5.41) is 0.657. The van der Waals surface area contributed by atoms with E-state index in [-0.39, 0.29) is 30.4 Å². The number of carbonyl (C=O) groups excluding carboxylic acids is 2. The van der Waals surface area contributed by atoms with Gasteiger partial charge in [-0.2, -0.15) is 0 Å². The summed E-state index contributed by atoms with van der Waals surface area (Å²) in [6.07, 6.45) is 1.10. The Hall–Kier alpha value is -2.37. The van der Waals surface area contributed by atoms with E-state index < -0.39 is 6.09 Å². The van der Waals surface area contributed by atoms with Gasteiger partial charge < -0.3 is 9.47 Å². The Labute approximate surface area is 169 Å². The molecular formula is C22H22ClNO4. The molecule has 0 aliphatic carbocycles. The fraction of sp³-hybridized carbons (Fsp3) is 0.364. The van der Waals surface area contributed by atoms with E-state index in [1.165, 1.54) is 4.90 Å². The Morgan fingerprint density at radius 2 is 1.75 bits per heavy atom. The smallest absolute Gasteiger partial charge is 0.417 e. The number of halogens is 1. The zero-order valence-corrected chi connectivity index (χ0v) is 16.2. The van der Waals surface area contributed by atoms with E-state index >= 15 is 0 Å². The van der Waals surface area contributed by atoms with Crippen LogP contribution in [0.25, 0.3) is 0 Å². The molecule has 0 N–H and O–H groups in total. The summed E-state index contributed by atoms with van der Waals surface area (Å²) in [6.45, 7) is 1.36. The Balaban J connectivity index is 1.62. The number of ether oxygens (including phenoxy) is 2. The van der Waals surface area contributed by atoms with Crippen molar-refractivity contribution in [3.05, 3.63) is 70.7 Å². The maximum absolute atomic E-state index is 13.3. The highest BCUT2D eigenvalue weighted by Gasteiger charge is 2.44. The first-order valence-electron chi connectivity index (χ1n) is 9.47. The van der Waals surface area contributed by atoms with Gasteiger partial charge in [0.2, 0.25) is 5.91 Å². The lowest BCUT2D eigenvalue weighted by atomic mass is 9.71.